The molecule has 0 amide bonds. The second kappa shape index (κ2) is 4.30. The average Bonchev–Trinajstić information content (AvgIpc) is 2.70. The minimum Gasteiger partial charge on any atom is -0.399 e. The number of aryl methyl sites for hydroxylation is 2. The van der Waals surface area contributed by atoms with Crippen molar-refractivity contribution in [2.75, 3.05) is 5.73 Å². The number of aromatic nitrogens is 4. The average molecular weight is 217 g/mol. The number of tetrazole rings is 1. The van der Waals surface area contributed by atoms with Crippen LogP contribution < -0.4 is 5.73 Å². The van der Waals surface area contributed by atoms with Gasteiger partial charge in [0.2, 0.25) is 0 Å². The highest BCUT2D eigenvalue weighted by molar-refractivity contribution is 5.51. The van der Waals surface area contributed by atoms with E-state index >= 15 is 0 Å². The molecule has 84 valence electrons. The maximum Gasteiger partial charge on any atom is 0.156 e. The summed E-state index contributed by atoms with van der Waals surface area (Å²) < 4.78 is 1.76. The predicted molar refractivity (Wildman–Crippen MR) is 62.3 cm³/mol. The lowest BCUT2D eigenvalue weighted by Gasteiger charge is -2.07. The van der Waals surface area contributed by atoms with Crippen LogP contribution in [0, 0.1) is 6.92 Å². The molecule has 2 aromatic rings. The van der Waals surface area contributed by atoms with Crippen molar-refractivity contribution in [2.24, 2.45) is 0 Å². The van der Waals surface area contributed by atoms with Gasteiger partial charge in [-0.3, -0.25) is 0 Å². The van der Waals surface area contributed by atoms with Gasteiger partial charge in [-0.15, -0.1) is 5.10 Å². The monoisotopic (exact) mass is 217 g/mol. The lowest BCUT2D eigenvalue weighted by Crippen LogP contribution is -2.05. The van der Waals surface area contributed by atoms with Crippen molar-refractivity contribution in [1.82, 2.24) is 20.2 Å². The number of benzene rings is 1. The van der Waals surface area contributed by atoms with Crippen LogP contribution in [0.3, 0.4) is 0 Å². The molecule has 0 aliphatic heterocycles. The van der Waals surface area contributed by atoms with Crippen molar-refractivity contribution >= 4 is 5.69 Å². The second-order valence-corrected chi connectivity index (χ2v) is 3.80. The Morgan fingerprint density at radius 2 is 2.19 bits per heavy atom. The second-order valence-electron chi connectivity index (χ2n) is 3.80. The smallest absolute Gasteiger partial charge is 0.156 e. The van der Waals surface area contributed by atoms with E-state index in [-0.39, 0.29) is 0 Å². The number of anilines is 1. The molecule has 1 aromatic carbocycles. The van der Waals surface area contributed by atoms with Crippen LogP contribution in [0.25, 0.3) is 5.69 Å². The van der Waals surface area contributed by atoms with Crippen LogP contribution >= 0.6 is 0 Å². The van der Waals surface area contributed by atoms with Gasteiger partial charge in [-0.05, 0) is 41.5 Å². The molecule has 0 spiro atoms. The van der Waals surface area contributed by atoms with Gasteiger partial charge in [0.1, 0.15) is 0 Å². The van der Waals surface area contributed by atoms with Gasteiger partial charge in [0.15, 0.2) is 5.82 Å². The molecular weight excluding hydrogens is 202 g/mol. The Hall–Kier alpha value is -1.91. The Morgan fingerprint density at radius 3 is 2.94 bits per heavy atom. The Balaban J connectivity index is 2.49. The Bertz CT molecular complexity index is 489. The summed E-state index contributed by atoms with van der Waals surface area (Å²) in [5.74, 6) is 0.871. The molecule has 0 unspecified atom stereocenters. The third kappa shape index (κ3) is 1.88. The van der Waals surface area contributed by atoms with E-state index in [2.05, 4.69) is 22.4 Å². The van der Waals surface area contributed by atoms with E-state index in [1.807, 2.05) is 25.1 Å². The van der Waals surface area contributed by atoms with Crippen molar-refractivity contribution < 1.29 is 0 Å². The fourth-order valence-electron chi connectivity index (χ4n) is 1.63. The molecule has 0 saturated carbocycles. The first-order chi connectivity index (χ1) is 7.72. The fourth-order valence-corrected chi connectivity index (χ4v) is 1.63. The zero-order valence-corrected chi connectivity index (χ0v) is 9.51. The van der Waals surface area contributed by atoms with Crippen LogP contribution in [0.15, 0.2) is 18.2 Å². The van der Waals surface area contributed by atoms with Crippen LogP contribution in [0.5, 0.6) is 0 Å². The van der Waals surface area contributed by atoms with Crippen molar-refractivity contribution in [3.05, 3.63) is 29.6 Å². The largest absolute Gasteiger partial charge is 0.399 e. The van der Waals surface area contributed by atoms with Crippen LogP contribution in [-0.4, -0.2) is 20.2 Å². The summed E-state index contributed by atoms with van der Waals surface area (Å²) >= 11 is 0. The Morgan fingerprint density at radius 1 is 1.38 bits per heavy atom. The van der Waals surface area contributed by atoms with Gasteiger partial charge < -0.3 is 5.73 Å². The number of nitrogens with zero attached hydrogens (tertiary/aromatic N) is 4. The molecule has 5 heteroatoms. The molecule has 1 heterocycles. The lowest BCUT2D eigenvalue weighted by molar-refractivity contribution is 0.742. The number of nitrogens with two attached hydrogens (primary N) is 1. The maximum atomic E-state index is 5.78. The van der Waals surface area contributed by atoms with Crippen LogP contribution in [0.4, 0.5) is 5.69 Å². The van der Waals surface area contributed by atoms with Gasteiger partial charge in [0.05, 0.1) is 5.69 Å². The van der Waals surface area contributed by atoms with Crippen LogP contribution in [-0.2, 0) is 6.42 Å². The Kier molecular flexibility index (Phi) is 2.85. The third-order valence-electron chi connectivity index (χ3n) is 2.47. The number of hydrogen-bond acceptors (Lipinski definition) is 4. The van der Waals surface area contributed by atoms with E-state index in [0.717, 1.165) is 35.6 Å². The van der Waals surface area contributed by atoms with E-state index in [0.29, 0.717) is 0 Å². The summed E-state index contributed by atoms with van der Waals surface area (Å²) in [6.45, 7) is 4.12. The molecule has 0 aliphatic rings. The highest BCUT2D eigenvalue weighted by Gasteiger charge is 2.09. The first-order valence-corrected chi connectivity index (χ1v) is 5.36. The molecule has 0 atom stereocenters. The number of rotatable bonds is 3. The van der Waals surface area contributed by atoms with Gasteiger partial charge >= 0.3 is 0 Å². The maximum absolute atomic E-state index is 5.78. The fraction of sp³-hybridized carbons (Fsp3) is 0.364. The molecule has 0 aliphatic carbocycles. The SMILES string of the molecule is CCCc1nnnn1-c1cc(N)ccc1C. The normalized spacial score (nSPS) is 10.6. The van der Waals surface area contributed by atoms with E-state index in [9.17, 15) is 0 Å². The molecule has 0 radical (unpaired) electrons. The molecule has 0 saturated heterocycles. The zero-order chi connectivity index (χ0) is 11.5. The van der Waals surface area contributed by atoms with E-state index in [4.69, 9.17) is 5.73 Å². The summed E-state index contributed by atoms with van der Waals surface area (Å²) in [5.41, 5.74) is 8.56. The van der Waals surface area contributed by atoms with Crippen molar-refractivity contribution in [1.29, 1.82) is 0 Å². The summed E-state index contributed by atoms with van der Waals surface area (Å²) in [6.07, 6.45) is 1.88. The number of hydrogen-bond donors (Lipinski definition) is 1. The van der Waals surface area contributed by atoms with Crippen molar-refractivity contribution in [2.45, 2.75) is 26.7 Å². The quantitative estimate of drug-likeness (QED) is 0.791. The zero-order valence-electron chi connectivity index (χ0n) is 9.51. The molecule has 2 N–H and O–H groups in total. The molecular formula is C11H15N5. The topological polar surface area (TPSA) is 69.6 Å². The summed E-state index contributed by atoms with van der Waals surface area (Å²) in [6, 6.07) is 5.75. The number of nitrogen functional groups attached to an aromatic ring is 1. The van der Waals surface area contributed by atoms with Crippen LogP contribution in [0.2, 0.25) is 0 Å². The summed E-state index contributed by atoms with van der Waals surface area (Å²) in [4.78, 5) is 0. The van der Waals surface area contributed by atoms with Crippen molar-refractivity contribution in [3.8, 4) is 5.69 Å². The molecule has 2 rings (SSSR count). The molecule has 16 heavy (non-hydrogen) atoms. The predicted octanol–water partition coefficient (Wildman–Crippen LogP) is 1.51. The van der Waals surface area contributed by atoms with Crippen molar-refractivity contribution in [3.63, 3.8) is 0 Å². The lowest BCUT2D eigenvalue weighted by atomic mass is 10.2. The highest BCUT2D eigenvalue weighted by atomic mass is 15.5. The van der Waals surface area contributed by atoms with E-state index < -0.39 is 0 Å². The minimum atomic E-state index is 0.721. The van der Waals surface area contributed by atoms with E-state index in [1.54, 1.807) is 4.68 Å². The first-order valence-electron chi connectivity index (χ1n) is 5.36. The summed E-state index contributed by atoms with van der Waals surface area (Å²) in [5, 5.41) is 11.7. The highest BCUT2D eigenvalue weighted by Crippen LogP contribution is 2.17. The van der Waals surface area contributed by atoms with Gasteiger partial charge in [-0.25, -0.2) is 0 Å². The molecule has 5 nitrogen and oxygen atoms in total. The van der Waals surface area contributed by atoms with Crippen LogP contribution in [0.1, 0.15) is 24.7 Å². The molecule has 0 bridgehead atoms. The first kappa shape index (κ1) is 10.6. The Labute approximate surface area is 94.3 Å². The third-order valence-corrected chi connectivity index (χ3v) is 2.47. The standard InChI is InChI=1S/C11H15N5/c1-3-4-11-13-14-15-16(11)10-7-9(12)6-5-8(10)2/h5-7H,3-4,12H2,1-2H3. The van der Waals surface area contributed by atoms with Gasteiger partial charge in [-0.1, -0.05) is 13.0 Å². The van der Waals surface area contributed by atoms with E-state index in [1.165, 1.54) is 0 Å². The van der Waals surface area contributed by atoms with Gasteiger partial charge in [0.25, 0.3) is 0 Å². The minimum absolute atomic E-state index is 0.721. The summed E-state index contributed by atoms with van der Waals surface area (Å²) in [7, 11) is 0. The molecule has 0 fully saturated rings. The van der Waals surface area contributed by atoms with Gasteiger partial charge in [-0.2, -0.15) is 4.68 Å². The molecule has 1 aromatic heterocycles. The van der Waals surface area contributed by atoms with Gasteiger partial charge in [0, 0.05) is 12.1 Å².